The molecule has 3 aromatic heterocycles. The van der Waals surface area contributed by atoms with Gasteiger partial charge in [0, 0.05) is 31.2 Å². The molecule has 4 rings (SSSR count). The molecule has 1 amide bonds. The number of halogens is 1. The van der Waals surface area contributed by atoms with Gasteiger partial charge in [-0.25, -0.2) is 9.48 Å². The number of nitriles is 1. The number of hydrogen-bond donors (Lipinski definition) is 1. The molecule has 0 aliphatic carbocycles. The number of likely N-dealkylation sites (tertiary alicyclic amines) is 1. The van der Waals surface area contributed by atoms with Crippen molar-refractivity contribution in [2.75, 3.05) is 13.1 Å². The highest BCUT2D eigenvalue weighted by Gasteiger charge is 2.24. The van der Waals surface area contributed by atoms with Gasteiger partial charge in [0.25, 0.3) is 0 Å². The van der Waals surface area contributed by atoms with Crippen LogP contribution in [0.25, 0.3) is 10.6 Å². The molecule has 0 atom stereocenters. The van der Waals surface area contributed by atoms with Gasteiger partial charge in [-0.1, -0.05) is 16.8 Å². The van der Waals surface area contributed by atoms with Crippen LogP contribution in [0.4, 0.5) is 4.79 Å². The van der Waals surface area contributed by atoms with Gasteiger partial charge in [-0.2, -0.15) is 10.4 Å². The van der Waals surface area contributed by atoms with Gasteiger partial charge in [0.1, 0.15) is 17.3 Å². The van der Waals surface area contributed by atoms with E-state index < -0.39 is 6.09 Å². The molecular weight excluding hydrogens is 452 g/mol. The molecular formula is C21H23ClN6O3S. The zero-order valence-electron chi connectivity index (χ0n) is 17.7. The van der Waals surface area contributed by atoms with Crippen LogP contribution < -0.4 is 10.1 Å². The molecule has 0 unspecified atom stereocenters. The molecule has 0 saturated carbocycles. The molecule has 1 saturated heterocycles. The lowest BCUT2D eigenvalue weighted by molar-refractivity contribution is 0.151. The van der Waals surface area contributed by atoms with Crippen molar-refractivity contribution >= 4 is 29.0 Å². The van der Waals surface area contributed by atoms with Crippen LogP contribution in [0.5, 0.6) is 5.88 Å². The molecule has 0 bridgehead atoms. The van der Waals surface area contributed by atoms with Crippen LogP contribution in [0.15, 0.2) is 28.9 Å². The Labute approximate surface area is 194 Å². The highest BCUT2D eigenvalue weighted by atomic mass is 35.5. The molecule has 1 N–H and O–H groups in total. The minimum absolute atomic E-state index is 0.0372. The van der Waals surface area contributed by atoms with E-state index in [1.165, 1.54) is 22.2 Å². The SMILES string of the molecule is CC(C)N1CCC(NC(=O)Oc2c(C#N)cnn2Cc2cc(-c3ccc(Cl)s3)on2)CC1. The number of piperidine rings is 1. The maximum atomic E-state index is 12.5. The zero-order chi connectivity index (χ0) is 22.7. The van der Waals surface area contributed by atoms with Crippen molar-refractivity contribution in [1.82, 2.24) is 25.2 Å². The number of carbonyl (C=O) groups is 1. The van der Waals surface area contributed by atoms with Gasteiger partial charge in [0.2, 0.25) is 5.88 Å². The first-order valence-electron chi connectivity index (χ1n) is 10.3. The number of carbonyl (C=O) groups excluding carboxylic acids is 1. The van der Waals surface area contributed by atoms with Crippen LogP contribution in [-0.2, 0) is 6.54 Å². The van der Waals surface area contributed by atoms with Crippen LogP contribution in [0, 0.1) is 11.3 Å². The van der Waals surface area contributed by atoms with Crippen molar-refractivity contribution in [2.45, 2.75) is 45.3 Å². The first-order valence-corrected chi connectivity index (χ1v) is 11.5. The molecule has 1 aliphatic rings. The Bertz CT molecular complexity index is 1120. The Kier molecular flexibility index (Phi) is 6.79. The summed E-state index contributed by atoms with van der Waals surface area (Å²) in [6.07, 6.45) is 2.47. The maximum absolute atomic E-state index is 12.5. The van der Waals surface area contributed by atoms with Crippen molar-refractivity contribution in [3.63, 3.8) is 0 Å². The fraction of sp³-hybridized carbons (Fsp3) is 0.429. The van der Waals surface area contributed by atoms with Crippen molar-refractivity contribution in [3.05, 3.63) is 40.0 Å². The lowest BCUT2D eigenvalue weighted by atomic mass is 10.0. The Morgan fingerprint density at radius 1 is 1.44 bits per heavy atom. The van der Waals surface area contributed by atoms with Gasteiger partial charge in [0.15, 0.2) is 5.76 Å². The second kappa shape index (κ2) is 9.73. The Morgan fingerprint density at radius 2 is 2.22 bits per heavy atom. The third-order valence-corrected chi connectivity index (χ3v) is 6.62. The second-order valence-corrected chi connectivity index (χ2v) is 9.57. The molecule has 1 fully saturated rings. The van der Waals surface area contributed by atoms with E-state index in [9.17, 15) is 10.1 Å². The molecule has 9 nitrogen and oxygen atoms in total. The smallest absolute Gasteiger partial charge is 0.390 e. The Hall–Kier alpha value is -2.87. The quantitative estimate of drug-likeness (QED) is 0.571. The lowest BCUT2D eigenvalue weighted by Gasteiger charge is -2.34. The number of hydrogen-bond acceptors (Lipinski definition) is 8. The Morgan fingerprint density at radius 3 is 2.88 bits per heavy atom. The third-order valence-electron chi connectivity index (χ3n) is 5.37. The molecule has 0 aromatic carbocycles. The minimum atomic E-state index is -0.597. The molecule has 32 heavy (non-hydrogen) atoms. The highest BCUT2D eigenvalue weighted by molar-refractivity contribution is 7.19. The second-order valence-electron chi connectivity index (χ2n) is 7.86. The number of nitrogens with zero attached hydrogens (tertiary/aromatic N) is 5. The predicted octanol–water partition coefficient (Wildman–Crippen LogP) is 4.13. The number of aromatic nitrogens is 3. The fourth-order valence-corrected chi connectivity index (χ4v) is 4.61. The van der Waals surface area contributed by atoms with E-state index in [1.54, 1.807) is 12.1 Å². The molecule has 11 heteroatoms. The monoisotopic (exact) mass is 474 g/mol. The van der Waals surface area contributed by atoms with Gasteiger partial charge in [-0.05, 0) is 38.8 Å². The maximum Gasteiger partial charge on any atom is 0.414 e. The number of thiophene rings is 1. The van der Waals surface area contributed by atoms with E-state index in [1.807, 2.05) is 12.1 Å². The first-order chi connectivity index (χ1) is 15.4. The van der Waals surface area contributed by atoms with Gasteiger partial charge in [-0.3, -0.25) is 0 Å². The van der Waals surface area contributed by atoms with Crippen molar-refractivity contribution in [1.29, 1.82) is 5.26 Å². The van der Waals surface area contributed by atoms with E-state index in [4.69, 9.17) is 20.9 Å². The number of amides is 1. The number of rotatable bonds is 6. The molecule has 3 aromatic rings. The highest BCUT2D eigenvalue weighted by Crippen LogP contribution is 2.31. The van der Waals surface area contributed by atoms with E-state index >= 15 is 0 Å². The molecule has 0 spiro atoms. The van der Waals surface area contributed by atoms with Crippen molar-refractivity contribution < 1.29 is 14.1 Å². The summed E-state index contributed by atoms with van der Waals surface area (Å²) in [5.41, 5.74) is 0.743. The van der Waals surface area contributed by atoms with Crippen LogP contribution in [0.1, 0.15) is 37.9 Å². The topological polar surface area (TPSA) is 109 Å². The molecule has 168 valence electrons. The average molecular weight is 475 g/mol. The number of ether oxygens (including phenoxy) is 1. The predicted molar refractivity (Wildman–Crippen MR) is 120 cm³/mol. The molecule has 1 aliphatic heterocycles. The van der Waals surface area contributed by atoms with Crippen LogP contribution in [-0.4, -0.2) is 51.1 Å². The van der Waals surface area contributed by atoms with E-state index in [0.717, 1.165) is 30.8 Å². The minimum Gasteiger partial charge on any atom is -0.390 e. The van der Waals surface area contributed by atoms with Crippen molar-refractivity contribution in [2.24, 2.45) is 0 Å². The summed E-state index contributed by atoms with van der Waals surface area (Å²) >= 11 is 7.36. The fourth-order valence-electron chi connectivity index (χ4n) is 3.62. The molecule has 0 radical (unpaired) electrons. The van der Waals surface area contributed by atoms with Crippen LogP contribution in [0.3, 0.4) is 0 Å². The van der Waals surface area contributed by atoms with E-state index in [2.05, 4.69) is 34.3 Å². The Balaban J connectivity index is 1.41. The summed E-state index contributed by atoms with van der Waals surface area (Å²) in [6.45, 7) is 6.36. The number of nitrogens with one attached hydrogen (secondary N) is 1. The summed E-state index contributed by atoms with van der Waals surface area (Å²) in [5.74, 6) is 0.658. The van der Waals surface area contributed by atoms with Gasteiger partial charge < -0.3 is 19.5 Å². The summed E-state index contributed by atoms with van der Waals surface area (Å²) in [4.78, 5) is 15.7. The van der Waals surface area contributed by atoms with Crippen LogP contribution in [0.2, 0.25) is 4.34 Å². The van der Waals surface area contributed by atoms with Gasteiger partial charge in [0.05, 0.1) is 22.0 Å². The summed E-state index contributed by atoms with van der Waals surface area (Å²) in [6, 6.07) is 7.94. The van der Waals surface area contributed by atoms with Crippen LogP contribution >= 0.6 is 22.9 Å². The largest absolute Gasteiger partial charge is 0.414 e. The van der Waals surface area contributed by atoms with Gasteiger partial charge in [-0.15, -0.1) is 11.3 Å². The molecule has 4 heterocycles. The van der Waals surface area contributed by atoms with Crippen molar-refractivity contribution in [3.8, 4) is 22.6 Å². The third kappa shape index (κ3) is 5.12. The van der Waals surface area contributed by atoms with E-state index in [0.29, 0.717) is 21.8 Å². The first kappa shape index (κ1) is 22.3. The summed E-state index contributed by atoms with van der Waals surface area (Å²) in [7, 11) is 0. The normalized spacial score (nSPS) is 15.1. The lowest BCUT2D eigenvalue weighted by Crippen LogP contribution is -2.47. The summed E-state index contributed by atoms with van der Waals surface area (Å²) < 4.78 is 13.0. The summed E-state index contributed by atoms with van der Waals surface area (Å²) in [5, 5.41) is 20.5. The zero-order valence-corrected chi connectivity index (χ0v) is 19.3. The standard InChI is InChI=1S/C21H23ClN6O3S/c1-13(2)27-7-5-15(6-8-27)25-21(29)30-20-14(10-23)11-24-28(20)12-16-9-17(31-26-16)18-3-4-19(22)32-18/h3-4,9,11,13,15H,5-8,12H2,1-2H3,(H,25,29). The van der Waals surface area contributed by atoms with Gasteiger partial charge >= 0.3 is 6.09 Å². The average Bonchev–Trinajstić information content (AvgIpc) is 3.49. The van der Waals surface area contributed by atoms with E-state index in [-0.39, 0.29) is 24.0 Å².